The van der Waals surface area contributed by atoms with Crippen molar-refractivity contribution in [1.82, 2.24) is 20.3 Å². The SMILES string of the molecule is O=C(NCc1ccccc1)C1CCN1c1nc2c(=O)[nH]c(-c3ccccc3F)nc2s1. The molecule has 2 aromatic carbocycles. The van der Waals surface area contributed by atoms with Crippen LogP contribution in [0.15, 0.2) is 59.4 Å². The molecule has 0 spiro atoms. The first kappa shape index (κ1) is 19.4. The van der Waals surface area contributed by atoms with E-state index >= 15 is 0 Å². The molecule has 0 radical (unpaired) electrons. The van der Waals surface area contributed by atoms with Crippen LogP contribution in [0.3, 0.4) is 0 Å². The summed E-state index contributed by atoms with van der Waals surface area (Å²) < 4.78 is 14.1. The molecule has 4 aromatic rings. The lowest BCUT2D eigenvalue weighted by molar-refractivity contribution is -0.123. The standard InChI is InChI=1S/C22H18FN5O2S/c23-15-9-5-4-8-14(15)18-26-20(30)17-21(27-18)31-22(25-17)28-11-10-16(28)19(29)24-12-13-6-2-1-3-7-13/h1-9,16H,10-12H2,(H,24,29)(H,26,27,30). The van der Waals surface area contributed by atoms with E-state index in [4.69, 9.17) is 0 Å². The highest BCUT2D eigenvalue weighted by Crippen LogP contribution is 2.33. The Hall–Kier alpha value is -3.59. The largest absolute Gasteiger partial charge is 0.350 e. The molecule has 3 heterocycles. The minimum atomic E-state index is -0.465. The highest BCUT2D eigenvalue weighted by Gasteiger charge is 2.36. The quantitative estimate of drug-likeness (QED) is 0.503. The maximum absolute atomic E-state index is 14.1. The fraction of sp³-hybridized carbons (Fsp3) is 0.182. The van der Waals surface area contributed by atoms with Gasteiger partial charge < -0.3 is 15.2 Å². The van der Waals surface area contributed by atoms with E-state index in [9.17, 15) is 14.0 Å². The number of benzene rings is 2. The first-order valence-corrected chi connectivity index (χ1v) is 10.7. The Morgan fingerprint density at radius 3 is 2.68 bits per heavy atom. The number of amides is 1. The van der Waals surface area contributed by atoms with Gasteiger partial charge in [0.1, 0.15) is 17.7 Å². The molecule has 7 nitrogen and oxygen atoms in total. The molecule has 1 unspecified atom stereocenters. The van der Waals surface area contributed by atoms with E-state index in [1.54, 1.807) is 18.2 Å². The molecule has 2 N–H and O–H groups in total. The van der Waals surface area contributed by atoms with Gasteiger partial charge in [-0.15, -0.1) is 0 Å². The van der Waals surface area contributed by atoms with E-state index in [0.29, 0.717) is 29.5 Å². The Bertz CT molecular complexity index is 1320. The topological polar surface area (TPSA) is 91.0 Å². The molecule has 1 aliphatic heterocycles. The molecule has 5 rings (SSSR count). The van der Waals surface area contributed by atoms with E-state index in [0.717, 1.165) is 5.56 Å². The molecule has 0 saturated carbocycles. The molecule has 1 aliphatic rings. The second-order valence-electron chi connectivity index (χ2n) is 7.25. The van der Waals surface area contributed by atoms with Crippen molar-refractivity contribution >= 4 is 32.7 Å². The number of aromatic nitrogens is 3. The summed E-state index contributed by atoms with van der Waals surface area (Å²) in [5, 5.41) is 3.51. The molecular weight excluding hydrogens is 417 g/mol. The molecular formula is C22H18FN5O2S. The molecule has 1 amide bonds. The van der Waals surface area contributed by atoms with Gasteiger partial charge in [0.05, 0.1) is 5.56 Å². The number of fused-ring (bicyclic) bond motifs is 1. The Morgan fingerprint density at radius 1 is 1.16 bits per heavy atom. The molecule has 31 heavy (non-hydrogen) atoms. The molecule has 9 heteroatoms. The van der Waals surface area contributed by atoms with Crippen LogP contribution in [0.2, 0.25) is 0 Å². The van der Waals surface area contributed by atoms with E-state index in [-0.39, 0.29) is 28.9 Å². The van der Waals surface area contributed by atoms with Crippen LogP contribution in [0.5, 0.6) is 0 Å². The third-order valence-corrected chi connectivity index (χ3v) is 6.25. The van der Waals surface area contributed by atoms with Gasteiger partial charge in [0.25, 0.3) is 5.56 Å². The van der Waals surface area contributed by atoms with Gasteiger partial charge in [0, 0.05) is 13.1 Å². The van der Waals surface area contributed by atoms with Crippen LogP contribution >= 0.6 is 11.3 Å². The first-order valence-electron chi connectivity index (χ1n) is 9.84. The lowest BCUT2D eigenvalue weighted by Gasteiger charge is -2.39. The van der Waals surface area contributed by atoms with Crippen molar-refractivity contribution in [3.63, 3.8) is 0 Å². The van der Waals surface area contributed by atoms with E-state index < -0.39 is 11.4 Å². The molecule has 1 saturated heterocycles. The average Bonchev–Trinajstić information content (AvgIpc) is 3.16. The zero-order chi connectivity index (χ0) is 21.4. The summed E-state index contributed by atoms with van der Waals surface area (Å²) in [6, 6.07) is 15.5. The normalized spacial score (nSPS) is 15.6. The third kappa shape index (κ3) is 3.68. The summed E-state index contributed by atoms with van der Waals surface area (Å²) in [4.78, 5) is 38.9. The van der Waals surface area contributed by atoms with Gasteiger partial charge in [0.2, 0.25) is 5.91 Å². The van der Waals surface area contributed by atoms with E-state index in [2.05, 4.69) is 20.3 Å². The summed E-state index contributed by atoms with van der Waals surface area (Å²) in [6.07, 6.45) is 0.709. The second kappa shape index (κ2) is 7.92. The summed E-state index contributed by atoms with van der Waals surface area (Å²) in [7, 11) is 0. The van der Waals surface area contributed by atoms with Gasteiger partial charge in [-0.05, 0) is 24.1 Å². The lowest BCUT2D eigenvalue weighted by Crippen LogP contribution is -2.56. The first-order chi connectivity index (χ1) is 15.1. The fourth-order valence-electron chi connectivity index (χ4n) is 3.52. The number of hydrogen-bond donors (Lipinski definition) is 2. The smallest absolute Gasteiger partial charge is 0.278 e. The molecule has 1 fully saturated rings. The van der Waals surface area contributed by atoms with Crippen LogP contribution in [0.1, 0.15) is 12.0 Å². The van der Waals surface area contributed by atoms with Crippen molar-refractivity contribution < 1.29 is 9.18 Å². The highest BCUT2D eigenvalue weighted by molar-refractivity contribution is 7.21. The number of rotatable bonds is 5. The van der Waals surface area contributed by atoms with Gasteiger partial charge in [-0.3, -0.25) is 9.59 Å². The number of carbonyl (C=O) groups excluding carboxylic acids is 1. The molecule has 0 bridgehead atoms. The van der Waals surface area contributed by atoms with Crippen molar-refractivity contribution in [3.8, 4) is 11.4 Å². The molecule has 2 aromatic heterocycles. The number of nitrogens with zero attached hydrogens (tertiary/aromatic N) is 3. The number of hydrogen-bond acceptors (Lipinski definition) is 6. The Balaban J connectivity index is 1.38. The van der Waals surface area contributed by atoms with Crippen molar-refractivity contribution in [2.24, 2.45) is 0 Å². The molecule has 156 valence electrons. The molecule has 1 atom stereocenters. The highest BCUT2D eigenvalue weighted by atomic mass is 32.1. The fourth-order valence-corrected chi connectivity index (χ4v) is 4.53. The maximum atomic E-state index is 14.1. The zero-order valence-electron chi connectivity index (χ0n) is 16.3. The van der Waals surface area contributed by atoms with Crippen LogP contribution in [0.25, 0.3) is 21.7 Å². The van der Waals surface area contributed by atoms with Crippen LogP contribution in [0.4, 0.5) is 9.52 Å². The van der Waals surface area contributed by atoms with Gasteiger partial charge in [0.15, 0.2) is 15.5 Å². The van der Waals surface area contributed by atoms with Crippen molar-refractivity contribution in [3.05, 3.63) is 76.3 Å². The second-order valence-corrected chi connectivity index (χ2v) is 8.20. The van der Waals surface area contributed by atoms with Crippen molar-refractivity contribution in [1.29, 1.82) is 0 Å². The Morgan fingerprint density at radius 2 is 1.94 bits per heavy atom. The van der Waals surface area contributed by atoms with E-state index in [1.165, 1.54) is 17.4 Å². The van der Waals surface area contributed by atoms with Crippen LogP contribution in [-0.4, -0.2) is 33.4 Å². The predicted molar refractivity (Wildman–Crippen MR) is 117 cm³/mol. The Kier molecular flexibility index (Phi) is 4.95. The van der Waals surface area contributed by atoms with Crippen LogP contribution in [-0.2, 0) is 11.3 Å². The number of carbonyl (C=O) groups is 1. The Labute approximate surface area is 180 Å². The van der Waals surface area contributed by atoms with Gasteiger partial charge in [-0.25, -0.2) is 14.4 Å². The number of nitrogens with one attached hydrogen (secondary N) is 2. The van der Waals surface area contributed by atoms with Gasteiger partial charge in [-0.1, -0.05) is 53.8 Å². The predicted octanol–water partition coefficient (Wildman–Crippen LogP) is 3.08. The van der Waals surface area contributed by atoms with Crippen LogP contribution in [0, 0.1) is 5.82 Å². The monoisotopic (exact) mass is 435 g/mol. The number of thiazole rings is 1. The van der Waals surface area contributed by atoms with E-state index in [1.807, 2.05) is 35.2 Å². The zero-order valence-corrected chi connectivity index (χ0v) is 17.2. The number of halogens is 1. The van der Waals surface area contributed by atoms with Crippen molar-refractivity contribution in [2.45, 2.75) is 19.0 Å². The molecule has 0 aliphatic carbocycles. The maximum Gasteiger partial charge on any atom is 0.278 e. The number of H-pyrrole nitrogens is 1. The minimum absolute atomic E-state index is 0.0803. The minimum Gasteiger partial charge on any atom is -0.350 e. The lowest BCUT2D eigenvalue weighted by atomic mass is 10.0. The third-order valence-electron chi connectivity index (χ3n) is 5.26. The summed E-state index contributed by atoms with van der Waals surface area (Å²) in [6.45, 7) is 1.12. The summed E-state index contributed by atoms with van der Waals surface area (Å²) >= 11 is 1.23. The van der Waals surface area contributed by atoms with Crippen molar-refractivity contribution in [2.75, 3.05) is 11.4 Å². The summed E-state index contributed by atoms with van der Waals surface area (Å²) in [5.41, 5.74) is 1.00. The average molecular weight is 435 g/mol. The van der Waals surface area contributed by atoms with Crippen LogP contribution < -0.4 is 15.8 Å². The summed E-state index contributed by atoms with van der Waals surface area (Å²) in [5.74, 6) is -0.387. The number of anilines is 1. The number of aromatic amines is 1. The van der Waals surface area contributed by atoms with Gasteiger partial charge in [-0.2, -0.15) is 0 Å². The van der Waals surface area contributed by atoms with Gasteiger partial charge >= 0.3 is 0 Å².